The Morgan fingerprint density at radius 3 is 2.43 bits per heavy atom. The van der Waals surface area contributed by atoms with Crippen LogP contribution in [0.1, 0.15) is 87.7 Å². The van der Waals surface area contributed by atoms with Crippen molar-refractivity contribution in [1.29, 1.82) is 0 Å². The SMILES string of the molecule is CCC1CCC(C2(C)Oc3c(C)c4c(c(Cl)c3O2)CCN(CC2=C(C)C=C(C)CC2=O)C4=O)CC1. The summed E-state index contributed by atoms with van der Waals surface area (Å²) in [5.41, 5.74) is 4.97. The van der Waals surface area contributed by atoms with Crippen LogP contribution in [0.15, 0.2) is 22.8 Å². The fourth-order valence-corrected chi connectivity index (χ4v) is 6.74. The van der Waals surface area contributed by atoms with E-state index >= 15 is 0 Å². The lowest BCUT2D eigenvalue weighted by Gasteiger charge is -2.37. The van der Waals surface area contributed by atoms with Crippen LogP contribution >= 0.6 is 11.6 Å². The number of halogens is 1. The second kappa shape index (κ2) is 8.99. The van der Waals surface area contributed by atoms with Crippen molar-refractivity contribution in [2.75, 3.05) is 13.1 Å². The van der Waals surface area contributed by atoms with E-state index in [1.54, 1.807) is 4.90 Å². The Morgan fingerprint density at radius 2 is 1.77 bits per heavy atom. The van der Waals surface area contributed by atoms with E-state index in [0.29, 0.717) is 53.9 Å². The van der Waals surface area contributed by atoms with Gasteiger partial charge in [-0.3, -0.25) is 9.59 Å². The molecule has 1 aromatic carbocycles. The van der Waals surface area contributed by atoms with Gasteiger partial charge in [-0.25, -0.2) is 0 Å². The lowest BCUT2D eigenvalue weighted by molar-refractivity contribution is -0.123. The molecule has 6 heteroatoms. The normalized spacial score (nSPS) is 28.4. The van der Waals surface area contributed by atoms with Crippen LogP contribution in [0.4, 0.5) is 0 Å². The molecular formula is C29H36ClNO4. The van der Waals surface area contributed by atoms with Gasteiger partial charge in [0, 0.05) is 43.5 Å². The van der Waals surface area contributed by atoms with Crippen LogP contribution in [-0.4, -0.2) is 35.5 Å². The molecule has 0 saturated heterocycles. The Kier molecular flexibility index (Phi) is 6.27. The first kappa shape index (κ1) is 24.4. The van der Waals surface area contributed by atoms with E-state index in [4.69, 9.17) is 21.1 Å². The number of carbonyl (C=O) groups excluding carboxylic acids is 2. The van der Waals surface area contributed by atoms with Crippen LogP contribution < -0.4 is 9.47 Å². The molecule has 0 N–H and O–H groups in total. The third-order valence-corrected chi connectivity index (χ3v) is 9.06. The van der Waals surface area contributed by atoms with Crippen LogP contribution in [0.5, 0.6) is 11.5 Å². The van der Waals surface area contributed by atoms with Gasteiger partial charge in [0.25, 0.3) is 11.7 Å². The van der Waals surface area contributed by atoms with Crippen molar-refractivity contribution < 1.29 is 19.1 Å². The number of amides is 1. The molecule has 0 aromatic heterocycles. The first-order chi connectivity index (χ1) is 16.6. The monoisotopic (exact) mass is 497 g/mol. The highest BCUT2D eigenvalue weighted by Gasteiger charge is 2.48. The molecule has 5 nitrogen and oxygen atoms in total. The van der Waals surface area contributed by atoms with E-state index in [2.05, 4.69) is 6.92 Å². The summed E-state index contributed by atoms with van der Waals surface area (Å²) in [7, 11) is 0. The molecule has 0 spiro atoms. The fraction of sp³-hybridized carbons (Fsp3) is 0.586. The average molecular weight is 498 g/mol. The molecule has 1 fully saturated rings. The summed E-state index contributed by atoms with van der Waals surface area (Å²) in [5.74, 6) is 1.53. The number of fused-ring (bicyclic) bond motifs is 2. The van der Waals surface area contributed by atoms with Crippen LogP contribution in [0.25, 0.3) is 0 Å². The van der Waals surface area contributed by atoms with Crippen molar-refractivity contribution in [2.45, 2.75) is 85.4 Å². The Labute approximate surface area is 213 Å². The molecule has 0 bridgehead atoms. The predicted octanol–water partition coefficient (Wildman–Crippen LogP) is 6.59. The van der Waals surface area contributed by atoms with Crippen molar-refractivity contribution in [1.82, 2.24) is 4.90 Å². The third kappa shape index (κ3) is 4.10. The number of nitrogens with zero attached hydrogens (tertiary/aromatic N) is 1. The number of carbonyl (C=O) groups is 2. The lowest BCUT2D eigenvalue weighted by atomic mass is 9.77. The van der Waals surface area contributed by atoms with Gasteiger partial charge in [-0.2, -0.15) is 0 Å². The van der Waals surface area contributed by atoms with Crippen LogP contribution in [0, 0.1) is 18.8 Å². The summed E-state index contributed by atoms with van der Waals surface area (Å²) < 4.78 is 13.0. The number of ether oxygens (including phenoxy) is 2. The second-order valence-electron chi connectivity index (χ2n) is 11.0. The number of Topliss-reactive ketones (excluding diaryl/α,β-unsaturated/α-hetero) is 1. The minimum Gasteiger partial charge on any atom is -0.448 e. The zero-order chi connectivity index (χ0) is 25.1. The molecule has 1 saturated carbocycles. The lowest BCUT2D eigenvalue weighted by Crippen LogP contribution is -2.44. The van der Waals surface area contributed by atoms with E-state index in [-0.39, 0.29) is 11.7 Å². The molecule has 2 aliphatic carbocycles. The highest BCUT2D eigenvalue weighted by molar-refractivity contribution is 6.34. The largest absolute Gasteiger partial charge is 0.448 e. The Balaban J connectivity index is 1.43. The molecule has 1 atom stereocenters. The van der Waals surface area contributed by atoms with E-state index in [1.807, 2.05) is 33.8 Å². The third-order valence-electron chi connectivity index (χ3n) is 8.66. The highest BCUT2D eigenvalue weighted by atomic mass is 35.5. The second-order valence-corrected chi connectivity index (χ2v) is 11.4. The van der Waals surface area contributed by atoms with Gasteiger partial charge < -0.3 is 14.4 Å². The van der Waals surface area contributed by atoms with Crippen molar-refractivity contribution in [3.63, 3.8) is 0 Å². The maximum Gasteiger partial charge on any atom is 0.254 e. The van der Waals surface area contributed by atoms with Crippen molar-refractivity contribution in [3.05, 3.63) is 44.5 Å². The van der Waals surface area contributed by atoms with Gasteiger partial charge in [-0.1, -0.05) is 36.6 Å². The topological polar surface area (TPSA) is 55.8 Å². The highest BCUT2D eigenvalue weighted by Crippen LogP contribution is 2.54. The van der Waals surface area contributed by atoms with Crippen molar-refractivity contribution >= 4 is 23.3 Å². The number of benzene rings is 1. The van der Waals surface area contributed by atoms with Gasteiger partial charge in [-0.05, 0) is 69.9 Å². The Hall–Kier alpha value is -2.27. The summed E-state index contributed by atoms with van der Waals surface area (Å²) in [4.78, 5) is 28.2. The molecule has 188 valence electrons. The molecule has 1 amide bonds. The standard InChI is InChI=1S/C29H36ClNO4/c1-6-19-7-9-20(10-8-19)29(5)34-26-18(4)24-21(25(30)27(26)35-29)11-12-31(28(24)33)15-22-17(3)13-16(2)14-23(22)32/h13,19-20H,6-12,14-15H2,1-5H3. The van der Waals surface area contributed by atoms with Crippen LogP contribution in [0.2, 0.25) is 5.02 Å². The van der Waals surface area contributed by atoms with Crippen LogP contribution in [-0.2, 0) is 11.2 Å². The molecule has 5 rings (SSSR count). The van der Waals surface area contributed by atoms with Crippen molar-refractivity contribution in [2.24, 2.45) is 11.8 Å². The quantitative estimate of drug-likeness (QED) is 0.471. The van der Waals surface area contributed by atoms with Gasteiger partial charge in [0.1, 0.15) is 0 Å². The Bertz CT molecular complexity index is 1160. The van der Waals surface area contributed by atoms with Crippen LogP contribution in [0.3, 0.4) is 0 Å². The van der Waals surface area contributed by atoms with E-state index < -0.39 is 5.79 Å². The number of hydrogen-bond donors (Lipinski definition) is 0. The van der Waals surface area contributed by atoms with E-state index in [9.17, 15) is 9.59 Å². The van der Waals surface area contributed by atoms with Gasteiger partial charge in [0.15, 0.2) is 17.3 Å². The number of allylic oxidation sites excluding steroid dienone is 3. The molecular weight excluding hydrogens is 462 g/mol. The minimum atomic E-state index is -0.761. The molecule has 35 heavy (non-hydrogen) atoms. The zero-order valence-corrected chi connectivity index (χ0v) is 22.3. The average Bonchev–Trinajstić information content (AvgIpc) is 3.20. The molecule has 1 unspecified atom stereocenters. The number of rotatable bonds is 4. The summed E-state index contributed by atoms with van der Waals surface area (Å²) in [5, 5.41) is 0.502. The number of ketones is 1. The maximum absolute atomic E-state index is 13.7. The summed E-state index contributed by atoms with van der Waals surface area (Å²) >= 11 is 6.88. The molecule has 0 radical (unpaired) electrons. The van der Waals surface area contributed by atoms with Gasteiger partial charge in [0.05, 0.1) is 10.6 Å². The van der Waals surface area contributed by atoms with Gasteiger partial charge >= 0.3 is 0 Å². The van der Waals surface area contributed by atoms with E-state index in [1.165, 1.54) is 19.3 Å². The first-order valence-corrected chi connectivity index (χ1v) is 13.4. The Morgan fingerprint density at radius 1 is 1.09 bits per heavy atom. The van der Waals surface area contributed by atoms with E-state index in [0.717, 1.165) is 46.6 Å². The first-order valence-electron chi connectivity index (χ1n) is 13.0. The fourth-order valence-electron chi connectivity index (χ4n) is 6.43. The molecule has 4 aliphatic rings. The summed E-state index contributed by atoms with van der Waals surface area (Å²) in [6, 6.07) is 0. The van der Waals surface area contributed by atoms with Crippen molar-refractivity contribution in [3.8, 4) is 11.5 Å². The number of hydrogen-bond acceptors (Lipinski definition) is 4. The summed E-state index contributed by atoms with van der Waals surface area (Å²) in [6.07, 6.45) is 8.86. The summed E-state index contributed by atoms with van der Waals surface area (Å²) in [6.45, 7) is 11.0. The predicted molar refractivity (Wildman–Crippen MR) is 137 cm³/mol. The van der Waals surface area contributed by atoms with Gasteiger partial charge in [-0.15, -0.1) is 0 Å². The van der Waals surface area contributed by atoms with Gasteiger partial charge in [0.2, 0.25) is 0 Å². The molecule has 2 aliphatic heterocycles. The molecule has 2 heterocycles. The molecule has 1 aromatic rings. The zero-order valence-electron chi connectivity index (χ0n) is 21.6. The minimum absolute atomic E-state index is 0.0894. The maximum atomic E-state index is 13.7. The smallest absolute Gasteiger partial charge is 0.254 e.